The van der Waals surface area contributed by atoms with Gasteiger partial charge < -0.3 is 9.84 Å². The van der Waals surface area contributed by atoms with Crippen molar-refractivity contribution >= 4 is 5.97 Å². The Balaban J connectivity index is 2.03. The van der Waals surface area contributed by atoms with Gasteiger partial charge in [-0.05, 0) is 56.8 Å². The van der Waals surface area contributed by atoms with Crippen molar-refractivity contribution in [2.75, 3.05) is 0 Å². The third-order valence-electron chi connectivity index (χ3n) is 5.78. The molecule has 3 nitrogen and oxygen atoms in total. The first-order valence-electron chi connectivity index (χ1n) is 8.38. The van der Waals surface area contributed by atoms with Gasteiger partial charge in [0.25, 0.3) is 5.60 Å². The summed E-state index contributed by atoms with van der Waals surface area (Å²) in [6.07, 6.45) is -13.6. The molecule has 1 N–H and O–H groups in total. The monoisotopic (exact) mass is 394 g/mol. The number of carbonyl (C=O) groups excluding carboxylic acids is 1. The van der Waals surface area contributed by atoms with E-state index in [0.29, 0.717) is 6.42 Å². The molecule has 2 aliphatic rings. The molecular weight excluding hydrogens is 373 g/mol. The van der Waals surface area contributed by atoms with Crippen LogP contribution in [0.15, 0.2) is 0 Å². The maximum Gasteiger partial charge on any atom is 0.426 e. The molecule has 26 heavy (non-hydrogen) atoms. The average molecular weight is 394 g/mol. The van der Waals surface area contributed by atoms with E-state index in [0.717, 1.165) is 6.92 Å². The zero-order valence-corrected chi connectivity index (χ0v) is 14.3. The normalized spacial score (nSPS) is 31.8. The third kappa shape index (κ3) is 3.66. The molecule has 2 rings (SSSR count). The van der Waals surface area contributed by atoms with Crippen molar-refractivity contribution in [1.29, 1.82) is 0 Å². The smallest absolute Gasteiger partial charge is 0.426 e. The highest BCUT2D eigenvalue weighted by Crippen LogP contribution is 2.56. The van der Waals surface area contributed by atoms with Gasteiger partial charge in [0.15, 0.2) is 0 Å². The summed E-state index contributed by atoms with van der Waals surface area (Å²) in [7, 11) is 0. The maximum absolute atomic E-state index is 13.9. The molecule has 0 aromatic rings. The predicted octanol–water partition coefficient (Wildman–Crippen LogP) is 4.33. The summed E-state index contributed by atoms with van der Waals surface area (Å²) in [5.41, 5.74) is -6.95. The number of fused-ring (bicyclic) bond motifs is 2. The molecule has 5 unspecified atom stereocenters. The van der Waals surface area contributed by atoms with Crippen LogP contribution in [0.3, 0.4) is 0 Å². The SMILES string of the molecule is CCC(C)(F)C(=O)OC1CC2CC1CC2CC(O)(C(F)(F)F)C(F)(F)F. The lowest BCUT2D eigenvalue weighted by atomic mass is 9.79. The highest BCUT2D eigenvalue weighted by Gasteiger charge is 2.71. The predicted molar refractivity (Wildman–Crippen MR) is 75.7 cm³/mol. The van der Waals surface area contributed by atoms with Crippen LogP contribution in [0.4, 0.5) is 30.7 Å². The molecule has 0 spiro atoms. The van der Waals surface area contributed by atoms with Crippen LogP contribution in [0, 0.1) is 17.8 Å². The van der Waals surface area contributed by atoms with Gasteiger partial charge in [-0.15, -0.1) is 0 Å². The highest BCUT2D eigenvalue weighted by molar-refractivity contribution is 5.79. The lowest BCUT2D eigenvalue weighted by molar-refractivity contribution is -0.373. The van der Waals surface area contributed by atoms with E-state index in [1.807, 2.05) is 0 Å². The molecule has 152 valence electrons. The van der Waals surface area contributed by atoms with Crippen molar-refractivity contribution in [3.05, 3.63) is 0 Å². The Bertz CT molecular complexity index is 527. The van der Waals surface area contributed by atoms with Gasteiger partial charge in [0.2, 0.25) is 5.67 Å². The van der Waals surface area contributed by atoms with Crippen LogP contribution in [0.1, 0.15) is 46.0 Å². The molecule has 2 aliphatic carbocycles. The Morgan fingerprint density at radius 1 is 1.00 bits per heavy atom. The number of alkyl halides is 7. The summed E-state index contributed by atoms with van der Waals surface area (Å²) in [5.74, 6) is -3.03. The molecular formula is C16H21F7O3. The van der Waals surface area contributed by atoms with E-state index in [2.05, 4.69) is 0 Å². The van der Waals surface area contributed by atoms with Crippen molar-refractivity contribution < 1.29 is 45.4 Å². The summed E-state index contributed by atoms with van der Waals surface area (Å²) in [4.78, 5) is 11.8. The second kappa shape index (κ2) is 6.53. The highest BCUT2D eigenvalue weighted by atomic mass is 19.4. The fraction of sp³-hybridized carbons (Fsp3) is 0.938. The van der Waals surface area contributed by atoms with Gasteiger partial charge in [0.05, 0.1) is 0 Å². The number of aliphatic hydroxyl groups is 1. The standard InChI is InChI=1S/C16H21F7O3/c1-3-13(2,17)12(24)26-11-6-8-4-9(11)5-10(8)7-14(25,15(18,19)20)16(21,22)23/h8-11,25H,3-7H2,1-2H3. The molecule has 2 saturated carbocycles. The van der Waals surface area contributed by atoms with E-state index in [-0.39, 0.29) is 19.3 Å². The van der Waals surface area contributed by atoms with Crippen molar-refractivity contribution in [1.82, 2.24) is 0 Å². The van der Waals surface area contributed by atoms with Crippen LogP contribution in [-0.4, -0.2) is 40.8 Å². The van der Waals surface area contributed by atoms with Crippen LogP contribution in [0.25, 0.3) is 0 Å². The van der Waals surface area contributed by atoms with Crippen molar-refractivity contribution in [2.45, 2.75) is 75.7 Å². The second-order valence-corrected chi connectivity index (χ2v) is 7.54. The van der Waals surface area contributed by atoms with Crippen LogP contribution in [-0.2, 0) is 9.53 Å². The van der Waals surface area contributed by atoms with E-state index < -0.39 is 59.9 Å². The fourth-order valence-corrected chi connectivity index (χ4v) is 3.91. The first kappa shape index (κ1) is 21.2. The van der Waals surface area contributed by atoms with Gasteiger partial charge in [-0.1, -0.05) is 6.92 Å². The largest absolute Gasteiger partial charge is 0.460 e. The zero-order valence-electron chi connectivity index (χ0n) is 14.3. The van der Waals surface area contributed by atoms with Crippen molar-refractivity contribution in [3.63, 3.8) is 0 Å². The van der Waals surface area contributed by atoms with Gasteiger partial charge in [-0.2, -0.15) is 26.3 Å². The minimum absolute atomic E-state index is 0.0355. The molecule has 0 aliphatic heterocycles. The second-order valence-electron chi connectivity index (χ2n) is 7.54. The molecule has 10 heteroatoms. The van der Waals surface area contributed by atoms with E-state index in [1.165, 1.54) is 6.92 Å². The van der Waals surface area contributed by atoms with Crippen molar-refractivity contribution in [3.8, 4) is 0 Å². The molecule has 0 radical (unpaired) electrons. The topological polar surface area (TPSA) is 46.5 Å². The Kier molecular flexibility index (Phi) is 5.33. The number of hydrogen-bond donors (Lipinski definition) is 1. The molecule has 2 bridgehead atoms. The minimum atomic E-state index is -5.84. The van der Waals surface area contributed by atoms with E-state index in [4.69, 9.17) is 4.74 Å². The van der Waals surface area contributed by atoms with Crippen LogP contribution >= 0.6 is 0 Å². The molecule has 0 amide bonds. The third-order valence-corrected chi connectivity index (χ3v) is 5.78. The Morgan fingerprint density at radius 3 is 1.92 bits per heavy atom. The quantitative estimate of drug-likeness (QED) is 0.558. The Morgan fingerprint density at radius 2 is 1.54 bits per heavy atom. The molecule has 0 aromatic carbocycles. The van der Waals surface area contributed by atoms with Crippen LogP contribution in [0.5, 0.6) is 0 Å². The number of halogens is 7. The van der Waals surface area contributed by atoms with E-state index in [1.54, 1.807) is 0 Å². The Labute approximate surface area is 145 Å². The Hall–Kier alpha value is -1.06. The number of rotatable bonds is 5. The van der Waals surface area contributed by atoms with Gasteiger partial charge in [-0.25, -0.2) is 9.18 Å². The summed E-state index contributed by atoms with van der Waals surface area (Å²) in [6, 6.07) is 0. The molecule has 5 atom stereocenters. The number of hydrogen-bond acceptors (Lipinski definition) is 3. The number of carbonyl (C=O) groups is 1. The number of esters is 1. The van der Waals surface area contributed by atoms with Gasteiger partial charge >= 0.3 is 18.3 Å². The van der Waals surface area contributed by atoms with Gasteiger partial charge in [0, 0.05) is 0 Å². The van der Waals surface area contributed by atoms with Gasteiger partial charge in [0.1, 0.15) is 6.10 Å². The molecule has 2 fully saturated rings. The molecule has 0 heterocycles. The summed E-state index contributed by atoms with van der Waals surface area (Å²) >= 11 is 0. The van der Waals surface area contributed by atoms with Crippen molar-refractivity contribution in [2.24, 2.45) is 17.8 Å². The average Bonchev–Trinajstić information content (AvgIpc) is 3.04. The van der Waals surface area contributed by atoms with Gasteiger partial charge in [-0.3, -0.25) is 0 Å². The summed E-state index contributed by atoms with van der Waals surface area (Å²) in [5, 5.41) is 9.34. The lowest BCUT2D eigenvalue weighted by Gasteiger charge is -2.37. The van der Waals surface area contributed by atoms with Crippen LogP contribution < -0.4 is 0 Å². The molecule has 0 saturated heterocycles. The zero-order chi connectivity index (χ0) is 20.1. The fourth-order valence-electron chi connectivity index (χ4n) is 3.91. The number of ether oxygens (including phenoxy) is 1. The van der Waals surface area contributed by atoms with E-state index >= 15 is 0 Å². The minimum Gasteiger partial charge on any atom is -0.460 e. The summed E-state index contributed by atoms with van der Waals surface area (Å²) < 4.78 is 96.0. The summed E-state index contributed by atoms with van der Waals surface area (Å²) in [6.45, 7) is 2.51. The molecule has 0 aromatic heterocycles. The lowest BCUT2D eigenvalue weighted by Crippen LogP contribution is -2.58. The van der Waals surface area contributed by atoms with Crippen LogP contribution in [0.2, 0.25) is 0 Å². The first-order chi connectivity index (χ1) is 11.6. The van der Waals surface area contributed by atoms with E-state index in [9.17, 15) is 40.6 Å². The maximum atomic E-state index is 13.9. The first-order valence-corrected chi connectivity index (χ1v) is 8.38.